The van der Waals surface area contributed by atoms with Gasteiger partial charge in [-0.25, -0.2) is 9.18 Å². The average molecular weight is 328 g/mol. The Bertz CT molecular complexity index is 613. The predicted molar refractivity (Wildman–Crippen MR) is 62.7 cm³/mol. The van der Waals surface area contributed by atoms with Gasteiger partial charge >= 0.3 is 31.2 Å². The molecule has 23 heavy (non-hydrogen) atoms. The number of ether oxygens (including phenoxy) is 2. The Morgan fingerprint density at radius 3 is 2.39 bits per heavy atom. The van der Waals surface area contributed by atoms with Gasteiger partial charge in [0.2, 0.25) is 0 Å². The number of benzene rings is 1. The molecule has 0 aliphatic heterocycles. The van der Waals surface area contributed by atoms with Gasteiger partial charge in [-0.15, -0.1) is 13.2 Å². The van der Waals surface area contributed by atoms with Crippen LogP contribution in [0.2, 0.25) is 0 Å². The maximum absolute atomic E-state index is 13.2. The van der Waals surface area contributed by atoms with Crippen LogP contribution in [0.15, 0.2) is 24.3 Å². The molecule has 5 nitrogen and oxygen atoms in total. The summed E-state index contributed by atoms with van der Waals surface area (Å²) in [6.07, 6.45) is -4.78. The Kier molecular flexibility index (Phi) is 7.86. The molecular weight excluding hydrogens is 319 g/mol. The van der Waals surface area contributed by atoms with Gasteiger partial charge in [0.1, 0.15) is 11.6 Å². The molecule has 0 spiro atoms. The van der Waals surface area contributed by atoms with Gasteiger partial charge in [-0.1, -0.05) is 5.76 Å². The topological polar surface area (TPSA) is 75.7 Å². The molecule has 1 rings (SSSR count). The number of hydrogen-bond acceptors (Lipinski definition) is 5. The van der Waals surface area contributed by atoms with E-state index in [0.29, 0.717) is 24.3 Å². The van der Waals surface area contributed by atoms with E-state index in [2.05, 4.69) is 9.47 Å². The van der Waals surface area contributed by atoms with Crippen LogP contribution in [0.25, 0.3) is 5.76 Å². The van der Waals surface area contributed by atoms with E-state index in [9.17, 15) is 32.3 Å². The second-order valence-electron chi connectivity index (χ2n) is 3.82. The van der Waals surface area contributed by atoms with Gasteiger partial charge in [-0.2, -0.15) is 0 Å². The minimum atomic E-state index is -5.07. The summed E-state index contributed by atoms with van der Waals surface area (Å²) in [6, 6.07) is 1.60. The third-order valence-corrected chi connectivity index (χ3v) is 2.13. The largest absolute Gasteiger partial charge is 1.00 e. The average Bonchev–Trinajstić information content (AvgIpc) is 2.35. The third kappa shape index (κ3) is 7.21. The molecule has 1 aromatic rings. The molecule has 0 heterocycles. The summed E-state index contributed by atoms with van der Waals surface area (Å²) >= 11 is 0. The molecule has 0 N–H and O–H groups in total. The molecule has 120 valence electrons. The van der Waals surface area contributed by atoms with E-state index in [4.69, 9.17) is 0 Å². The van der Waals surface area contributed by atoms with Gasteiger partial charge in [-0.05, 0) is 30.7 Å². The number of ketones is 1. The van der Waals surface area contributed by atoms with Crippen molar-refractivity contribution in [1.82, 2.24) is 0 Å². The van der Waals surface area contributed by atoms with Crippen LogP contribution in [0.5, 0.6) is 5.75 Å². The number of rotatable bonds is 5. The zero-order valence-corrected chi connectivity index (χ0v) is 12.1. The summed E-state index contributed by atoms with van der Waals surface area (Å²) in [7, 11) is 0. The van der Waals surface area contributed by atoms with Gasteiger partial charge in [0.25, 0.3) is 5.78 Å². The van der Waals surface area contributed by atoms with Crippen LogP contribution in [0.4, 0.5) is 17.6 Å². The van der Waals surface area contributed by atoms with E-state index in [1.54, 1.807) is 0 Å². The third-order valence-electron chi connectivity index (χ3n) is 2.13. The van der Waals surface area contributed by atoms with Crippen LogP contribution < -0.4 is 28.7 Å². The molecule has 0 saturated heterocycles. The Labute approximate surface area is 140 Å². The molecule has 0 aliphatic rings. The molecule has 10 heteroatoms. The van der Waals surface area contributed by atoms with E-state index in [-0.39, 0.29) is 25.5 Å². The van der Waals surface area contributed by atoms with Crippen molar-refractivity contribution in [2.75, 3.05) is 6.61 Å². The normalized spacial score (nSPS) is 11.4. The van der Waals surface area contributed by atoms with Crippen molar-refractivity contribution in [2.45, 2.75) is 13.3 Å². The Morgan fingerprint density at radius 2 is 1.87 bits per heavy atom. The summed E-state index contributed by atoms with van der Waals surface area (Å²) in [6.45, 7) is 1.33. The molecule has 1 aromatic carbocycles. The molecule has 0 aliphatic carbocycles. The zero-order valence-electron chi connectivity index (χ0n) is 12.1. The first-order chi connectivity index (χ1) is 10.1. The molecule has 0 bridgehead atoms. The van der Waals surface area contributed by atoms with Crippen molar-refractivity contribution in [2.24, 2.45) is 0 Å². The fraction of sp³-hybridized carbons (Fsp3) is 0.231. The van der Waals surface area contributed by atoms with Crippen molar-refractivity contribution in [3.63, 3.8) is 0 Å². The van der Waals surface area contributed by atoms with Crippen LogP contribution in [-0.2, 0) is 14.3 Å². The number of halogens is 4. The number of carbonyl (C=O) groups excluding carboxylic acids is 2. The Morgan fingerprint density at radius 1 is 1.26 bits per heavy atom. The van der Waals surface area contributed by atoms with E-state index in [0.717, 1.165) is 0 Å². The number of alkyl halides is 3. The number of esters is 1. The smallest absolute Gasteiger partial charge is 0.872 e. The fourth-order valence-corrected chi connectivity index (χ4v) is 1.36. The first-order valence-electron chi connectivity index (χ1n) is 5.79. The van der Waals surface area contributed by atoms with Crippen LogP contribution >= 0.6 is 0 Å². The van der Waals surface area contributed by atoms with Crippen molar-refractivity contribution >= 4 is 17.5 Å². The van der Waals surface area contributed by atoms with Gasteiger partial charge < -0.3 is 14.6 Å². The maximum atomic E-state index is 13.2. The standard InChI is InChI=1S/C13H10F4O5.Li/c1-2-21-12(20)11(19)6-10(18)7-3-8(14)5-9(4-7)22-13(15,16)17;/h3-6,18H,2H2,1H3;/q;+1/p-1. The first kappa shape index (κ1) is 21.0. The summed E-state index contributed by atoms with van der Waals surface area (Å²) in [5.41, 5.74) is -0.586. The van der Waals surface area contributed by atoms with E-state index in [1.165, 1.54) is 6.92 Å². The van der Waals surface area contributed by atoms with E-state index in [1.807, 2.05) is 0 Å². The maximum Gasteiger partial charge on any atom is 1.00 e. The molecule has 0 aromatic heterocycles. The SMILES string of the molecule is CCOC(=O)C(=O)C=C([O-])c1cc(F)cc(OC(F)(F)F)c1.[Li+]. The Balaban J connectivity index is 0.00000484. The quantitative estimate of drug-likeness (QED) is 0.165. The molecule has 0 atom stereocenters. The van der Waals surface area contributed by atoms with Gasteiger partial charge in [0, 0.05) is 6.07 Å². The molecule has 0 fully saturated rings. The van der Waals surface area contributed by atoms with Crippen molar-refractivity contribution in [3.05, 3.63) is 35.7 Å². The van der Waals surface area contributed by atoms with Crippen LogP contribution in [0, 0.1) is 5.82 Å². The Hall–Kier alpha value is -1.98. The van der Waals surface area contributed by atoms with Gasteiger partial charge in [0.05, 0.1) is 6.61 Å². The van der Waals surface area contributed by atoms with Crippen molar-refractivity contribution in [1.29, 1.82) is 0 Å². The molecule has 0 amide bonds. The van der Waals surface area contributed by atoms with Gasteiger partial charge in [-0.3, -0.25) is 4.79 Å². The first-order valence-corrected chi connectivity index (χ1v) is 5.79. The summed E-state index contributed by atoms with van der Waals surface area (Å²) < 4.78 is 57.2. The van der Waals surface area contributed by atoms with Crippen molar-refractivity contribution < 1.29 is 60.6 Å². The van der Waals surface area contributed by atoms with E-state index >= 15 is 0 Å². The molecule has 0 saturated carbocycles. The number of hydrogen-bond donors (Lipinski definition) is 0. The summed E-state index contributed by atoms with van der Waals surface area (Å²) in [4.78, 5) is 22.3. The summed E-state index contributed by atoms with van der Waals surface area (Å²) in [5.74, 6) is -5.92. The molecular formula is C13H9F4LiO5. The molecule has 0 radical (unpaired) electrons. The summed E-state index contributed by atoms with van der Waals surface area (Å²) in [5, 5.41) is 11.6. The van der Waals surface area contributed by atoms with Crippen LogP contribution in [0.3, 0.4) is 0 Å². The predicted octanol–water partition coefficient (Wildman–Crippen LogP) is -1.44. The van der Waals surface area contributed by atoms with Crippen LogP contribution in [0.1, 0.15) is 12.5 Å². The minimum Gasteiger partial charge on any atom is -0.872 e. The van der Waals surface area contributed by atoms with Crippen molar-refractivity contribution in [3.8, 4) is 5.75 Å². The second kappa shape index (κ2) is 8.60. The minimum absolute atomic E-state index is 0. The van der Waals surface area contributed by atoms with E-state index < -0.39 is 41.0 Å². The fourth-order valence-electron chi connectivity index (χ4n) is 1.36. The zero-order chi connectivity index (χ0) is 16.9. The van der Waals surface area contributed by atoms with Crippen LogP contribution in [-0.4, -0.2) is 24.7 Å². The van der Waals surface area contributed by atoms with Gasteiger partial charge in [0.15, 0.2) is 0 Å². The molecule has 0 unspecified atom stereocenters. The monoisotopic (exact) mass is 328 g/mol. The second-order valence-corrected chi connectivity index (χ2v) is 3.82. The number of carbonyl (C=O) groups is 2.